The van der Waals surface area contributed by atoms with Gasteiger partial charge in [0.05, 0.1) is 5.56 Å². The zero-order valence-electron chi connectivity index (χ0n) is 10.5. The first-order valence-corrected chi connectivity index (χ1v) is 6.92. The van der Waals surface area contributed by atoms with Crippen LogP contribution in [0.15, 0.2) is 24.3 Å². The quantitative estimate of drug-likeness (QED) is 0.829. The molecule has 0 aliphatic rings. The smallest absolute Gasteiger partial charge is 0.335 e. The third-order valence-corrected chi connectivity index (χ3v) is 3.47. The topological polar surface area (TPSA) is 66.4 Å². The van der Waals surface area contributed by atoms with Crippen molar-refractivity contribution in [2.45, 2.75) is 19.9 Å². The Labute approximate surface area is 111 Å². The minimum absolute atomic E-state index is 0.0657. The highest BCUT2D eigenvalue weighted by Crippen LogP contribution is 2.07. The van der Waals surface area contributed by atoms with Crippen LogP contribution in [0.4, 0.5) is 0 Å². The van der Waals surface area contributed by atoms with Crippen molar-refractivity contribution in [2.24, 2.45) is 0 Å². The van der Waals surface area contributed by atoms with Crippen LogP contribution in [-0.2, 0) is 0 Å². The Morgan fingerprint density at radius 2 is 2.06 bits per heavy atom. The number of rotatable bonds is 6. The van der Waals surface area contributed by atoms with Gasteiger partial charge < -0.3 is 10.4 Å². The molecule has 5 heteroatoms. The van der Waals surface area contributed by atoms with Crippen molar-refractivity contribution in [2.75, 3.05) is 11.5 Å². The van der Waals surface area contributed by atoms with Crippen LogP contribution in [-0.4, -0.2) is 34.5 Å². The van der Waals surface area contributed by atoms with Gasteiger partial charge in [0, 0.05) is 17.4 Å². The molecular formula is C13H17NO3S. The molecule has 0 aromatic heterocycles. The summed E-state index contributed by atoms with van der Waals surface area (Å²) < 4.78 is 0. The fourth-order valence-electron chi connectivity index (χ4n) is 1.44. The summed E-state index contributed by atoms with van der Waals surface area (Å²) in [5.74, 6) is 0.594. The Balaban J connectivity index is 2.66. The normalized spacial score (nSPS) is 11.9. The molecule has 18 heavy (non-hydrogen) atoms. The molecule has 1 unspecified atom stereocenters. The number of carbonyl (C=O) groups is 2. The number of aromatic carboxylic acids is 1. The molecule has 98 valence electrons. The van der Waals surface area contributed by atoms with E-state index >= 15 is 0 Å². The van der Waals surface area contributed by atoms with Gasteiger partial charge in [-0.3, -0.25) is 4.79 Å². The standard InChI is InChI=1S/C13H17NO3S/c1-3-18-8-9(2)14-12(15)10-5-4-6-11(7-10)13(16)17/h4-7,9H,3,8H2,1-2H3,(H,14,15)(H,16,17). The number of carboxylic acids is 1. The molecule has 4 nitrogen and oxygen atoms in total. The van der Waals surface area contributed by atoms with Crippen LogP contribution >= 0.6 is 11.8 Å². The first-order valence-electron chi connectivity index (χ1n) is 5.76. The Kier molecular flexibility index (Phi) is 5.71. The van der Waals surface area contributed by atoms with Crippen LogP contribution in [0.3, 0.4) is 0 Å². The van der Waals surface area contributed by atoms with Crippen molar-refractivity contribution < 1.29 is 14.7 Å². The molecule has 0 spiro atoms. The predicted octanol–water partition coefficient (Wildman–Crippen LogP) is 2.26. The summed E-state index contributed by atoms with van der Waals surface area (Å²) in [5.41, 5.74) is 0.501. The first-order chi connectivity index (χ1) is 8.54. The Hall–Kier alpha value is -1.49. The van der Waals surface area contributed by atoms with Gasteiger partial charge >= 0.3 is 5.97 Å². The van der Waals surface area contributed by atoms with Gasteiger partial charge in [0.2, 0.25) is 0 Å². The molecule has 0 bridgehead atoms. The van der Waals surface area contributed by atoms with E-state index in [2.05, 4.69) is 12.2 Å². The second-order valence-electron chi connectivity index (χ2n) is 3.92. The molecule has 1 aromatic carbocycles. The minimum atomic E-state index is -1.03. The van der Waals surface area contributed by atoms with E-state index in [0.29, 0.717) is 5.56 Å². The molecule has 1 amide bonds. The number of nitrogens with one attached hydrogen (secondary N) is 1. The van der Waals surface area contributed by atoms with Gasteiger partial charge in [-0.2, -0.15) is 11.8 Å². The van der Waals surface area contributed by atoms with Crippen LogP contribution in [0.5, 0.6) is 0 Å². The zero-order valence-corrected chi connectivity index (χ0v) is 11.3. The molecule has 1 aromatic rings. The van der Waals surface area contributed by atoms with E-state index in [-0.39, 0.29) is 17.5 Å². The van der Waals surface area contributed by atoms with Gasteiger partial charge in [-0.1, -0.05) is 13.0 Å². The fourth-order valence-corrected chi connectivity index (χ4v) is 2.11. The third-order valence-electron chi connectivity index (χ3n) is 2.32. The Bertz CT molecular complexity index is 434. The molecule has 0 aliphatic carbocycles. The van der Waals surface area contributed by atoms with E-state index in [1.54, 1.807) is 23.9 Å². The van der Waals surface area contributed by atoms with E-state index in [0.717, 1.165) is 11.5 Å². The lowest BCUT2D eigenvalue weighted by Crippen LogP contribution is -2.34. The molecule has 0 heterocycles. The highest BCUT2D eigenvalue weighted by molar-refractivity contribution is 7.99. The van der Waals surface area contributed by atoms with E-state index in [1.165, 1.54) is 12.1 Å². The lowest BCUT2D eigenvalue weighted by Gasteiger charge is -2.13. The molecule has 0 saturated carbocycles. The van der Waals surface area contributed by atoms with Crippen molar-refractivity contribution in [3.63, 3.8) is 0 Å². The molecule has 1 atom stereocenters. The van der Waals surface area contributed by atoms with Crippen LogP contribution in [0.2, 0.25) is 0 Å². The Morgan fingerprint density at radius 1 is 1.39 bits per heavy atom. The molecule has 0 radical (unpaired) electrons. The van der Waals surface area contributed by atoms with Crippen LogP contribution in [0.25, 0.3) is 0 Å². The second kappa shape index (κ2) is 7.06. The highest BCUT2D eigenvalue weighted by Gasteiger charge is 2.11. The van der Waals surface area contributed by atoms with E-state index in [4.69, 9.17) is 5.11 Å². The van der Waals surface area contributed by atoms with Crippen molar-refractivity contribution in [1.29, 1.82) is 0 Å². The summed E-state index contributed by atoms with van der Waals surface area (Å²) in [4.78, 5) is 22.7. The molecule has 1 rings (SSSR count). The Morgan fingerprint density at radius 3 is 2.67 bits per heavy atom. The number of carboxylic acid groups (broad SMARTS) is 1. The molecule has 0 aliphatic heterocycles. The van der Waals surface area contributed by atoms with Gasteiger partial charge in [-0.25, -0.2) is 4.79 Å². The predicted molar refractivity (Wildman–Crippen MR) is 73.3 cm³/mol. The summed E-state index contributed by atoms with van der Waals surface area (Å²) in [5, 5.41) is 11.7. The number of amides is 1. The maximum atomic E-state index is 11.9. The van der Waals surface area contributed by atoms with Gasteiger partial charge in [0.25, 0.3) is 5.91 Å². The SMILES string of the molecule is CCSCC(C)NC(=O)c1cccc(C(=O)O)c1. The number of hydrogen-bond donors (Lipinski definition) is 2. The van der Waals surface area contributed by atoms with Crippen LogP contribution in [0.1, 0.15) is 34.6 Å². The van der Waals surface area contributed by atoms with E-state index in [1.807, 2.05) is 6.92 Å². The van der Waals surface area contributed by atoms with Gasteiger partial charge in [-0.05, 0) is 30.9 Å². The number of carbonyl (C=O) groups excluding carboxylic acids is 1. The fraction of sp³-hybridized carbons (Fsp3) is 0.385. The number of thioether (sulfide) groups is 1. The molecule has 0 fully saturated rings. The van der Waals surface area contributed by atoms with Crippen LogP contribution < -0.4 is 5.32 Å². The monoisotopic (exact) mass is 267 g/mol. The van der Waals surface area contributed by atoms with Crippen molar-refractivity contribution in [3.8, 4) is 0 Å². The summed E-state index contributed by atoms with van der Waals surface area (Å²) in [6.45, 7) is 4.00. The first kappa shape index (κ1) is 14.6. The molecular weight excluding hydrogens is 250 g/mol. The third kappa shape index (κ3) is 4.41. The summed E-state index contributed by atoms with van der Waals surface area (Å²) >= 11 is 1.75. The highest BCUT2D eigenvalue weighted by atomic mass is 32.2. The largest absolute Gasteiger partial charge is 0.478 e. The number of benzene rings is 1. The van der Waals surface area contributed by atoms with Gasteiger partial charge in [0.15, 0.2) is 0 Å². The maximum Gasteiger partial charge on any atom is 0.335 e. The summed E-state index contributed by atoms with van der Waals surface area (Å²) in [6.07, 6.45) is 0. The lowest BCUT2D eigenvalue weighted by molar-refractivity contribution is 0.0697. The molecule has 2 N–H and O–H groups in total. The van der Waals surface area contributed by atoms with Gasteiger partial charge in [-0.15, -0.1) is 0 Å². The second-order valence-corrected chi connectivity index (χ2v) is 5.24. The van der Waals surface area contributed by atoms with Crippen molar-refractivity contribution in [3.05, 3.63) is 35.4 Å². The minimum Gasteiger partial charge on any atom is -0.478 e. The van der Waals surface area contributed by atoms with Crippen molar-refractivity contribution in [1.82, 2.24) is 5.32 Å². The molecule has 0 saturated heterocycles. The zero-order chi connectivity index (χ0) is 13.5. The van der Waals surface area contributed by atoms with E-state index in [9.17, 15) is 9.59 Å². The maximum absolute atomic E-state index is 11.9. The lowest BCUT2D eigenvalue weighted by atomic mass is 10.1. The summed E-state index contributed by atoms with van der Waals surface area (Å²) in [7, 11) is 0. The average Bonchev–Trinajstić information content (AvgIpc) is 2.36. The average molecular weight is 267 g/mol. The van der Waals surface area contributed by atoms with Crippen LogP contribution in [0, 0.1) is 0 Å². The van der Waals surface area contributed by atoms with Crippen molar-refractivity contribution >= 4 is 23.6 Å². The van der Waals surface area contributed by atoms with Gasteiger partial charge in [0.1, 0.15) is 0 Å². The van der Waals surface area contributed by atoms with E-state index < -0.39 is 5.97 Å². The number of hydrogen-bond acceptors (Lipinski definition) is 3. The summed E-state index contributed by atoms with van der Waals surface area (Å²) in [6, 6.07) is 6.11.